The molecule has 40 heavy (non-hydrogen) atoms. The zero-order chi connectivity index (χ0) is 30.4. The number of amides is 2. The van der Waals surface area contributed by atoms with Crippen molar-refractivity contribution in [2.75, 3.05) is 19.8 Å². The maximum atomic E-state index is 14.9. The van der Waals surface area contributed by atoms with E-state index in [0.717, 1.165) is 6.42 Å². The Morgan fingerprint density at radius 2 is 1.85 bits per heavy atom. The van der Waals surface area contributed by atoms with E-state index >= 15 is 0 Å². The van der Waals surface area contributed by atoms with Crippen molar-refractivity contribution in [1.82, 2.24) is 9.80 Å². The number of rotatable bonds is 12. The number of nitrogens with zero attached hydrogens (tertiary/aromatic N) is 2. The Hall–Kier alpha value is -2.19. The number of likely N-dealkylation sites (tertiary alicyclic amines) is 1. The monoisotopic (exact) mass is 560 g/mol. The molecule has 1 spiro atoms. The third-order valence-electron chi connectivity index (χ3n) is 9.39. The Morgan fingerprint density at radius 3 is 2.35 bits per heavy atom. The predicted octanol–water partition coefficient (Wildman–Crippen LogP) is 4.36. The lowest BCUT2D eigenvalue weighted by Crippen LogP contribution is -2.63. The molecule has 3 rings (SSSR count). The smallest absolute Gasteiger partial charge is 0.312 e. The molecule has 2 amide bonds. The largest absolute Gasteiger partial charge is 0.465 e. The van der Waals surface area contributed by atoms with Gasteiger partial charge in [-0.05, 0) is 57.3 Å². The number of ether oxygens (including phenoxy) is 2. The molecule has 3 aliphatic heterocycles. The molecule has 3 fully saturated rings. The third-order valence-corrected chi connectivity index (χ3v) is 9.39. The van der Waals surface area contributed by atoms with Gasteiger partial charge in [0.25, 0.3) is 0 Å². The van der Waals surface area contributed by atoms with E-state index < -0.39 is 46.6 Å². The summed E-state index contributed by atoms with van der Waals surface area (Å²) in [5.74, 6) is -2.98. The minimum Gasteiger partial charge on any atom is -0.465 e. The molecule has 0 aliphatic carbocycles. The molecule has 0 aromatic carbocycles. The Bertz CT molecular complexity index is 1020. The van der Waals surface area contributed by atoms with Crippen LogP contribution in [0.15, 0.2) is 25.3 Å². The van der Waals surface area contributed by atoms with E-state index in [4.69, 9.17) is 9.47 Å². The summed E-state index contributed by atoms with van der Waals surface area (Å²) in [6.07, 6.45) is 5.07. The van der Waals surface area contributed by atoms with Gasteiger partial charge in [0.2, 0.25) is 11.8 Å². The molecule has 2 bridgehead atoms. The summed E-state index contributed by atoms with van der Waals surface area (Å²) in [5.41, 5.74) is -2.78. The van der Waals surface area contributed by atoms with Gasteiger partial charge in [-0.25, -0.2) is 0 Å². The van der Waals surface area contributed by atoms with Crippen LogP contribution in [0.2, 0.25) is 0 Å². The average Bonchev–Trinajstić information content (AvgIpc) is 3.33. The number of hydrogen-bond donors (Lipinski definition) is 1. The zero-order valence-corrected chi connectivity index (χ0v) is 26.2. The number of fused-ring (bicyclic) bond motifs is 1. The standard InChI is InChI=1S/C32H52N2O6/c1-12-14-16-39-28(38)24-23-26(36)34(22(18-35)20(3)4)25(32(23)17-21(5)31(24,11)40-32)27(37)33(15-13-2)30(9,10)19-29(6,7)8/h12-13,20-25,35H,1-2,14-19H2,3-11H3/t21?,22-,23-,24+,25?,31-,32?/m0/s1. The molecular weight excluding hydrogens is 508 g/mol. The fourth-order valence-corrected chi connectivity index (χ4v) is 7.93. The van der Waals surface area contributed by atoms with Crippen molar-refractivity contribution in [3.63, 3.8) is 0 Å². The van der Waals surface area contributed by atoms with Crippen LogP contribution in [0.25, 0.3) is 0 Å². The van der Waals surface area contributed by atoms with E-state index in [-0.39, 0.29) is 42.3 Å². The number of carbonyl (C=O) groups excluding carboxylic acids is 3. The van der Waals surface area contributed by atoms with Crippen LogP contribution < -0.4 is 0 Å². The van der Waals surface area contributed by atoms with E-state index in [1.54, 1.807) is 17.1 Å². The summed E-state index contributed by atoms with van der Waals surface area (Å²) in [5, 5.41) is 10.5. The van der Waals surface area contributed by atoms with E-state index in [9.17, 15) is 19.5 Å². The summed E-state index contributed by atoms with van der Waals surface area (Å²) >= 11 is 0. The number of hydrogen-bond acceptors (Lipinski definition) is 6. The van der Waals surface area contributed by atoms with Crippen molar-refractivity contribution in [3.8, 4) is 0 Å². The van der Waals surface area contributed by atoms with Gasteiger partial charge in [0, 0.05) is 12.1 Å². The second-order valence-corrected chi connectivity index (χ2v) is 14.5. The van der Waals surface area contributed by atoms with Crippen LogP contribution in [0.3, 0.4) is 0 Å². The molecule has 7 atom stereocenters. The SMILES string of the molecule is C=CCCOC(=O)[C@H]1[C@H]2C(=O)N([C@@H](CO)C(C)C)C(C(=O)N(CC=C)C(C)(C)CC(C)(C)C)C23CC(C)[C@]1(C)O3. The van der Waals surface area contributed by atoms with Crippen molar-refractivity contribution in [2.45, 2.75) is 110 Å². The van der Waals surface area contributed by atoms with Crippen LogP contribution in [0.4, 0.5) is 0 Å². The average molecular weight is 561 g/mol. The van der Waals surface area contributed by atoms with Crippen LogP contribution >= 0.6 is 0 Å². The third kappa shape index (κ3) is 5.26. The van der Waals surface area contributed by atoms with Gasteiger partial charge in [0.1, 0.15) is 17.6 Å². The summed E-state index contributed by atoms with van der Waals surface area (Å²) in [6, 6.07) is -1.60. The Kier molecular flexibility index (Phi) is 9.08. The fraction of sp³-hybridized carbons (Fsp3) is 0.781. The van der Waals surface area contributed by atoms with Gasteiger partial charge in [0.05, 0.1) is 30.8 Å². The van der Waals surface area contributed by atoms with Gasteiger partial charge in [-0.2, -0.15) is 0 Å². The maximum Gasteiger partial charge on any atom is 0.312 e. The van der Waals surface area contributed by atoms with E-state index in [1.807, 2.05) is 46.4 Å². The van der Waals surface area contributed by atoms with Crippen LogP contribution in [-0.4, -0.2) is 81.3 Å². The summed E-state index contributed by atoms with van der Waals surface area (Å²) in [7, 11) is 0. The molecular formula is C32H52N2O6. The lowest BCUT2D eigenvalue weighted by Gasteiger charge is -2.47. The maximum absolute atomic E-state index is 14.9. The van der Waals surface area contributed by atoms with Gasteiger partial charge in [0.15, 0.2) is 0 Å². The molecule has 8 nitrogen and oxygen atoms in total. The molecule has 8 heteroatoms. The molecule has 1 N–H and O–H groups in total. The number of aliphatic hydroxyl groups is 1. The van der Waals surface area contributed by atoms with Crippen molar-refractivity contribution in [1.29, 1.82) is 0 Å². The van der Waals surface area contributed by atoms with Crippen LogP contribution in [0.5, 0.6) is 0 Å². The van der Waals surface area contributed by atoms with Crippen molar-refractivity contribution in [3.05, 3.63) is 25.3 Å². The molecule has 0 aromatic rings. The second-order valence-electron chi connectivity index (χ2n) is 14.5. The molecule has 3 heterocycles. The lowest BCUT2D eigenvalue weighted by molar-refractivity contribution is -0.165. The van der Waals surface area contributed by atoms with Crippen molar-refractivity contribution >= 4 is 17.8 Å². The van der Waals surface area contributed by atoms with Crippen LogP contribution in [0.1, 0.15) is 81.6 Å². The topological polar surface area (TPSA) is 96.4 Å². The van der Waals surface area contributed by atoms with E-state index in [2.05, 4.69) is 33.9 Å². The fourth-order valence-electron chi connectivity index (χ4n) is 7.93. The van der Waals surface area contributed by atoms with Crippen molar-refractivity contribution in [2.24, 2.45) is 29.1 Å². The van der Waals surface area contributed by atoms with Gasteiger partial charge in [-0.3, -0.25) is 14.4 Å². The van der Waals surface area contributed by atoms with E-state index in [0.29, 0.717) is 19.4 Å². The second kappa shape index (κ2) is 11.2. The zero-order valence-electron chi connectivity index (χ0n) is 26.2. The highest BCUT2D eigenvalue weighted by Crippen LogP contribution is 2.66. The first-order chi connectivity index (χ1) is 18.4. The lowest BCUT2D eigenvalue weighted by atomic mass is 9.62. The molecule has 0 aromatic heterocycles. The number of aliphatic hydroxyl groups excluding tert-OH is 1. The minimum absolute atomic E-state index is 0.0641. The quantitative estimate of drug-likeness (QED) is 0.216. The molecule has 3 aliphatic rings. The Labute approximate surface area is 241 Å². The molecule has 3 unspecified atom stereocenters. The number of esters is 1. The Morgan fingerprint density at radius 1 is 1.23 bits per heavy atom. The normalized spacial score (nSPS) is 32.3. The van der Waals surface area contributed by atoms with Gasteiger partial charge < -0.3 is 24.4 Å². The molecule has 3 saturated heterocycles. The molecule has 226 valence electrons. The van der Waals surface area contributed by atoms with Crippen molar-refractivity contribution < 1.29 is 29.0 Å². The summed E-state index contributed by atoms with van der Waals surface area (Å²) < 4.78 is 12.5. The predicted molar refractivity (Wildman–Crippen MR) is 155 cm³/mol. The highest BCUT2D eigenvalue weighted by Gasteiger charge is 2.81. The first-order valence-electron chi connectivity index (χ1n) is 14.8. The molecule has 0 radical (unpaired) electrons. The van der Waals surface area contributed by atoms with Gasteiger partial charge in [-0.1, -0.05) is 53.7 Å². The highest BCUT2D eigenvalue weighted by molar-refractivity contribution is 5.99. The van der Waals surface area contributed by atoms with E-state index in [1.165, 1.54) is 0 Å². The first kappa shape index (κ1) is 32.3. The molecule has 0 saturated carbocycles. The van der Waals surface area contributed by atoms with Crippen LogP contribution in [-0.2, 0) is 23.9 Å². The van der Waals surface area contributed by atoms with Gasteiger partial charge in [-0.15, -0.1) is 13.2 Å². The first-order valence-corrected chi connectivity index (χ1v) is 14.8. The summed E-state index contributed by atoms with van der Waals surface area (Å²) in [4.78, 5) is 46.3. The summed E-state index contributed by atoms with van der Waals surface area (Å²) in [6.45, 7) is 26.0. The van der Waals surface area contributed by atoms with Crippen LogP contribution in [0, 0.1) is 29.1 Å². The highest BCUT2D eigenvalue weighted by atomic mass is 16.6. The minimum atomic E-state index is -1.20. The number of carbonyl (C=O) groups is 3. The van der Waals surface area contributed by atoms with Gasteiger partial charge >= 0.3 is 5.97 Å². The Balaban J connectivity index is 2.19.